The number of anilines is 1. The summed E-state index contributed by atoms with van der Waals surface area (Å²) in [6, 6.07) is 14.2. The second-order valence-corrected chi connectivity index (χ2v) is 6.46. The number of amides is 4. The van der Waals surface area contributed by atoms with Crippen molar-refractivity contribution in [1.82, 2.24) is 10.6 Å². The first-order valence-electron chi connectivity index (χ1n) is 9.18. The van der Waals surface area contributed by atoms with Gasteiger partial charge in [0, 0.05) is 31.3 Å². The van der Waals surface area contributed by atoms with Crippen LogP contribution in [0.4, 0.5) is 10.5 Å². The first-order chi connectivity index (χ1) is 14.0. The van der Waals surface area contributed by atoms with Crippen molar-refractivity contribution in [2.45, 2.75) is 18.9 Å². The topological polar surface area (TPSA) is 105 Å². The Labute approximate surface area is 167 Å². The summed E-state index contributed by atoms with van der Waals surface area (Å²) in [6.45, 7) is 0.596. The number of urea groups is 1. The molecule has 0 unspecified atom stereocenters. The molecule has 0 aliphatic carbocycles. The zero-order chi connectivity index (χ0) is 20.8. The van der Waals surface area contributed by atoms with Crippen LogP contribution in [0.25, 0.3) is 0 Å². The zero-order valence-corrected chi connectivity index (χ0v) is 15.9. The number of carbonyl (C=O) groups excluding carboxylic acids is 4. The minimum atomic E-state index is -1.31. The van der Waals surface area contributed by atoms with E-state index >= 15 is 0 Å². The van der Waals surface area contributed by atoms with Crippen LogP contribution in [0.5, 0.6) is 0 Å². The molecule has 29 heavy (non-hydrogen) atoms. The van der Waals surface area contributed by atoms with E-state index in [1.165, 1.54) is 7.05 Å². The van der Waals surface area contributed by atoms with Crippen molar-refractivity contribution >= 4 is 29.5 Å². The Balaban J connectivity index is 1.82. The highest BCUT2D eigenvalue weighted by Gasteiger charge is 2.28. The Morgan fingerprint density at radius 1 is 1.07 bits per heavy atom. The van der Waals surface area contributed by atoms with E-state index in [-0.39, 0.29) is 11.5 Å². The molecule has 150 valence electrons. The van der Waals surface area contributed by atoms with Gasteiger partial charge in [-0.3, -0.25) is 14.9 Å². The van der Waals surface area contributed by atoms with Crippen LogP contribution < -0.4 is 15.5 Å². The summed E-state index contributed by atoms with van der Waals surface area (Å²) in [6.07, 6.45) is -0.0636. The van der Waals surface area contributed by atoms with Crippen molar-refractivity contribution in [2.24, 2.45) is 0 Å². The third kappa shape index (κ3) is 4.78. The van der Waals surface area contributed by atoms with Crippen molar-refractivity contribution in [2.75, 3.05) is 18.5 Å². The van der Waals surface area contributed by atoms with Gasteiger partial charge in [0.05, 0.1) is 5.56 Å². The Morgan fingerprint density at radius 3 is 2.48 bits per heavy atom. The molecule has 1 fully saturated rings. The number of rotatable bonds is 5. The molecule has 0 aromatic heterocycles. The maximum absolute atomic E-state index is 12.7. The van der Waals surface area contributed by atoms with Crippen LogP contribution in [-0.4, -0.2) is 37.4 Å². The first-order valence-corrected chi connectivity index (χ1v) is 9.18. The molecule has 2 aromatic carbocycles. The van der Waals surface area contributed by atoms with Gasteiger partial charge in [0.15, 0.2) is 0 Å². The van der Waals surface area contributed by atoms with E-state index in [1.807, 2.05) is 0 Å². The molecule has 0 saturated carbocycles. The van der Waals surface area contributed by atoms with Crippen LogP contribution in [0.3, 0.4) is 0 Å². The molecular weight excluding hydrogens is 374 g/mol. The Kier molecular flexibility index (Phi) is 6.23. The SMILES string of the molecule is CNC(=O)NC(=O)[C@H](OC(=O)c1cccc(N2CCCC2=O)c1)c1ccccc1. The van der Waals surface area contributed by atoms with E-state index in [0.717, 1.165) is 6.42 Å². The second kappa shape index (κ2) is 9.01. The number of hydrogen-bond acceptors (Lipinski definition) is 5. The fourth-order valence-electron chi connectivity index (χ4n) is 3.04. The van der Waals surface area contributed by atoms with Crippen LogP contribution in [0.15, 0.2) is 54.6 Å². The highest BCUT2D eigenvalue weighted by atomic mass is 16.5. The van der Waals surface area contributed by atoms with E-state index in [0.29, 0.717) is 24.2 Å². The lowest BCUT2D eigenvalue weighted by atomic mass is 10.1. The molecular formula is C21H21N3O5. The van der Waals surface area contributed by atoms with E-state index < -0.39 is 24.0 Å². The third-order valence-electron chi connectivity index (χ3n) is 4.50. The standard InChI is InChI=1S/C21H21N3O5/c1-22-21(28)23-19(26)18(14-7-3-2-4-8-14)29-20(27)15-9-5-10-16(13-15)24-12-6-11-17(24)25/h2-5,7-10,13,18H,6,11-12H2,1H3,(H2,22,23,26,28)/t18-/m1/s1. The smallest absolute Gasteiger partial charge is 0.339 e. The molecule has 0 spiro atoms. The first kappa shape index (κ1) is 20.1. The van der Waals surface area contributed by atoms with Gasteiger partial charge in [-0.25, -0.2) is 9.59 Å². The van der Waals surface area contributed by atoms with E-state index in [2.05, 4.69) is 10.6 Å². The number of carbonyl (C=O) groups is 4. The van der Waals surface area contributed by atoms with Gasteiger partial charge in [-0.2, -0.15) is 0 Å². The normalized spacial score (nSPS) is 14.2. The summed E-state index contributed by atoms with van der Waals surface area (Å²) in [4.78, 5) is 50.3. The van der Waals surface area contributed by atoms with E-state index in [9.17, 15) is 19.2 Å². The molecule has 2 N–H and O–H groups in total. The molecule has 8 nitrogen and oxygen atoms in total. The number of nitrogens with zero attached hydrogens (tertiary/aromatic N) is 1. The molecule has 4 amide bonds. The van der Waals surface area contributed by atoms with Crippen molar-refractivity contribution in [1.29, 1.82) is 0 Å². The predicted molar refractivity (Wildman–Crippen MR) is 105 cm³/mol. The summed E-state index contributed by atoms with van der Waals surface area (Å²) < 4.78 is 5.44. The highest BCUT2D eigenvalue weighted by molar-refractivity contribution is 6.00. The summed E-state index contributed by atoms with van der Waals surface area (Å²) >= 11 is 0. The van der Waals surface area contributed by atoms with Gasteiger partial charge in [0.25, 0.3) is 5.91 Å². The largest absolute Gasteiger partial charge is 0.444 e. The zero-order valence-electron chi connectivity index (χ0n) is 15.9. The number of ether oxygens (including phenoxy) is 1. The summed E-state index contributed by atoms with van der Waals surface area (Å²) in [5, 5.41) is 4.41. The molecule has 1 saturated heterocycles. The van der Waals surface area contributed by atoms with Crippen LogP contribution in [0.1, 0.15) is 34.9 Å². The Hall–Kier alpha value is -3.68. The Morgan fingerprint density at radius 2 is 1.83 bits per heavy atom. The number of hydrogen-bond donors (Lipinski definition) is 2. The van der Waals surface area contributed by atoms with Gasteiger partial charge < -0.3 is 15.0 Å². The third-order valence-corrected chi connectivity index (χ3v) is 4.50. The summed E-state index contributed by atoms with van der Waals surface area (Å²) in [5.41, 5.74) is 1.23. The van der Waals surface area contributed by atoms with Crippen molar-refractivity contribution in [3.05, 3.63) is 65.7 Å². The van der Waals surface area contributed by atoms with Gasteiger partial charge in [-0.15, -0.1) is 0 Å². The number of esters is 1. The maximum Gasteiger partial charge on any atom is 0.339 e. The fourth-order valence-corrected chi connectivity index (χ4v) is 3.04. The van der Waals surface area contributed by atoms with Gasteiger partial charge in [-0.05, 0) is 24.6 Å². The lowest BCUT2D eigenvalue weighted by molar-refractivity contribution is -0.129. The molecule has 1 aliphatic heterocycles. The molecule has 0 bridgehead atoms. The van der Waals surface area contributed by atoms with E-state index in [4.69, 9.17) is 4.74 Å². The van der Waals surface area contributed by atoms with Crippen LogP contribution in [0, 0.1) is 0 Å². The number of imide groups is 1. The number of benzene rings is 2. The molecule has 1 aliphatic rings. The highest BCUT2D eigenvalue weighted by Crippen LogP contribution is 2.24. The summed E-state index contributed by atoms with van der Waals surface area (Å²) in [7, 11) is 1.37. The van der Waals surface area contributed by atoms with Gasteiger partial charge in [0.2, 0.25) is 12.0 Å². The molecule has 1 heterocycles. The van der Waals surface area contributed by atoms with Crippen LogP contribution >= 0.6 is 0 Å². The van der Waals surface area contributed by atoms with Crippen molar-refractivity contribution in [3.63, 3.8) is 0 Å². The summed E-state index contributed by atoms with van der Waals surface area (Å²) in [5.74, 6) is -1.50. The van der Waals surface area contributed by atoms with Crippen molar-refractivity contribution < 1.29 is 23.9 Å². The molecule has 0 radical (unpaired) electrons. The van der Waals surface area contributed by atoms with Crippen LogP contribution in [-0.2, 0) is 14.3 Å². The quantitative estimate of drug-likeness (QED) is 0.755. The van der Waals surface area contributed by atoms with E-state index in [1.54, 1.807) is 59.5 Å². The predicted octanol–water partition coefficient (Wildman–Crippen LogP) is 2.17. The minimum Gasteiger partial charge on any atom is -0.444 e. The maximum atomic E-state index is 12.7. The second-order valence-electron chi connectivity index (χ2n) is 6.46. The Bertz CT molecular complexity index is 929. The van der Waals surface area contributed by atoms with Gasteiger partial charge in [0.1, 0.15) is 0 Å². The minimum absolute atomic E-state index is 0.00244. The molecule has 2 aromatic rings. The monoisotopic (exact) mass is 395 g/mol. The lowest BCUT2D eigenvalue weighted by Gasteiger charge is -2.19. The molecule has 3 rings (SSSR count). The number of nitrogens with one attached hydrogen (secondary N) is 2. The lowest BCUT2D eigenvalue weighted by Crippen LogP contribution is -2.41. The average Bonchev–Trinajstić information content (AvgIpc) is 3.18. The van der Waals surface area contributed by atoms with Crippen molar-refractivity contribution in [3.8, 4) is 0 Å². The molecule has 8 heteroatoms. The van der Waals surface area contributed by atoms with Crippen LogP contribution in [0.2, 0.25) is 0 Å². The van der Waals surface area contributed by atoms with Gasteiger partial charge in [-0.1, -0.05) is 36.4 Å². The molecule has 1 atom stereocenters. The van der Waals surface area contributed by atoms with Gasteiger partial charge >= 0.3 is 12.0 Å². The fraction of sp³-hybridized carbons (Fsp3) is 0.238. The average molecular weight is 395 g/mol.